The SMILES string of the molecule is Cc1cc(C)c2c(N3C(=O)CSC3=Nc3ccccc3)csc2n1. The van der Waals surface area contributed by atoms with Crippen molar-refractivity contribution in [3.63, 3.8) is 0 Å². The number of amides is 1. The van der Waals surface area contributed by atoms with Gasteiger partial charge in [-0.05, 0) is 37.6 Å². The molecule has 0 atom stereocenters. The van der Waals surface area contributed by atoms with Crippen LogP contribution < -0.4 is 4.90 Å². The second-order valence-corrected chi connectivity index (χ2v) is 7.43. The van der Waals surface area contributed by atoms with E-state index in [4.69, 9.17) is 0 Å². The van der Waals surface area contributed by atoms with E-state index in [2.05, 4.69) is 23.0 Å². The van der Waals surface area contributed by atoms with Crippen LogP contribution in [-0.2, 0) is 4.79 Å². The Hall–Kier alpha value is -2.18. The average molecular weight is 353 g/mol. The lowest BCUT2D eigenvalue weighted by Crippen LogP contribution is -2.28. The lowest BCUT2D eigenvalue weighted by atomic mass is 10.1. The van der Waals surface area contributed by atoms with Crippen molar-refractivity contribution in [1.29, 1.82) is 0 Å². The molecule has 1 aliphatic heterocycles. The van der Waals surface area contributed by atoms with Crippen LogP contribution in [0.1, 0.15) is 11.3 Å². The number of fused-ring (bicyclic) bond motifs is 1. The normalized spacial score (nSPS) is 16.5. The Balaban J connectivity index is 1.85. The van der Waals surface area contributed by atoms with Gasteiger partial charge in [-0.15, -0.1) is 11.3 Å². The van der Waals surface area contributed by atoms with Gasteiger partial charge in [-0.25, -0.2) is 9.98 Å². The Kier molecular flexibility index (Phi) is 3.86. The minimum absolute atomic E-state index is 0.0642. The molecule has 4 rings (SSSR count). The summed E-state index contributed by atoms with van der Waals surface area (Å²) in [7, 11) is 0. The van der Waals surface area contributed by atoms with Gasteiger partial charge in [0.25, 0.3) is 0 Å². The number of amidine groups is 1. The molecule has 0 N–H and O–H groups in total. The number of pyridine rings is 1. The number of rotatable bonds is 2. The highest BCUT2D eigenvalue weighted by Gasteiger charge is 2.32. The molecular formula is C18H15N3OS2. The number of aromatic nitrogens is 1. The molecule has 1 aliphatic rings. The first-order valence-corrected chi connectivity index (χ1v) is 9.45. The molecule has 3 heterocycles. The highest BCUT2D eigenvalue weighted by atomic mass is 32.2. The van der Waals surface area contributed by atoms with Gasteiger partial charge in [-0.3, -0.25) is 9.69 Å². The third-order valence-corrected chi connectivity index (χ3v) is 5.62. The van der Waals surface area contributed by atoms with Gasteiger partial charge in [0.15, 0.2) is 5.17 Å². The molecule has 1 amide bonds. The lowest BCUT2D eigenvalue weighted by Gasteiger charge is -2.16. The van der Waals surface area contributed by atoms with Crippen molar-refractivity contribution in [2.75, 3.05) is 10.7 Å². The molecule has 120 valence electrons. The fourth-order valence-electron chi connectivity index (χ4n) is 2.83. The van der Waals surface area contributed by atoms with Crippen molar-refractivity contribution >= 4 is 55.8 Å². The van der Waals surface area contributed by atoms with Crippen molar-refractivity contribution in [1.82, 2.24) is 4.98 Å². The van der Waals surface area contributed by atoms with Crippen LogP contribution >= 0.6 is 23.1 Å². The third-order valence-electron chi connectivity index (χ3n) is 3.84. The van der Waals surface area contributed by atoms with Crippen molar-refractivity contribution in [3.05, 3.63) is 53.0 Å². The highest BCUT2D eigenvalue weighted by molar-refractivity contribution is 8.15. The molecular weight excluding hydrogens is 338 g/mol. The third kappa shape index (κ3) is 2.61. The molecule has 1 aromatic carbocycles. The van der Waals surface area contributed by atoms with E-state index >= 15 is 0 Å². The summed E-state index contributed by atoms with van der Waals surface area (Å²) in [6, 6.07) is 11.8. The van der Waals surface area contributed by atoms with Gasteiger partial charge in [0.05, 0.1) is 17.1 Å². The van der Waals surface area contributed by atoms with Crippen LogP contribution in [-0.4, -0.2) is 21.8 Å². The number of nitrogens with zero attached hydrogens (tertiary/aromatic N) is 3. The molecule has 1 saturated heterocycles. The number of benzene rings is 1. The fraction of sp³-hybridized carbons (Fsp3) is 0.167. The number of thiophene rings is 1. The van der Waals surface area contributed by atoms with E-state index in [-0.39, 0.29) is 5.91 Å². The fourth-order valence-corrected chi connectivity index (χ4v) is 4.74. The number of hydrogen-bond donors (Lipinski definition) is 0. The van der Waals surface area contributed by atoms with E-state index in [0.717, 1.165) is 38.0 Å². The molecule has 0 bridgehead atoms. The first kappa shape index (κ1) is 15.4. The summed E-state index contributed by atoms with van der Waals surface area (Å²) in [6.07, 6.45) is 0. The van der Waals surface area contributed by atoms with Gasteiger partial charge in [0.1, 0.15) is 4.83 Å². The first-order chi connectivity index (χ1) is 11.6. The number of thioether (sulfide) groups is 1. The topological polar surface area (TPSA) is 45.6 Å². The Morgan fingerprint density at radius 3 is 2.79 bits per heavy atom. The molecule has 4 nitrogen and oxygen atoms in total. The molecule has 1 fully saturated rings. The molecule has 24 heavy (non-hydrogen) atoms. The summed E-state index contributed by atoms with van der Waals surface area (Å²) >= 11 is 3.05. The summed E-state index contributed by atoms with van der Waals surface area (Å²) in [4.78, 5) is 24.5. The highest BCUT2D eigenvalue weighted by Crippen LogP contribution is 2.38. The number of carbonyl (C=O) groups is 1. The predicted octanol–water partition coefficient (Wildman–Crippen LogP) is 4.68. The second kappa shape index (κ2) is 6.03. The lowest BCUT2D eigenvalue weighted by molar-refractivity contribution is -0.115. The van der Waals surface area contributed by atoms with Gasteiger partial charge in [0.2, 0.25) is 5.91 Å². The van der Waals surface area contributed by atoms with Gasteiger partial charge in [-0.1, -0.05) is 30.0 Å². The smallest absolute Gasteiger partial charge is 0.243 e. The largest absolute Gasteiger partial charge is 0.273 e. The number of anilines is 1. The van der Waals surface area contributed by atoms with E-state index in [1.165, 1.54) is 11.8 Å². The van der Waals surface area contributed by atoms with Crippen LogP contribution in [0.5, 0.6) is 0 Å². The van der Waals surface area contributed by atoms with E-state index < -0.39 is 0 Å². The molecule has 0 spiro atoms. The maximum atomic E-state index is 12.5. The quantitative estimate of drug-likeness (QED) is 0.672. The van der Waals surface area contributed by atoms with Crippen LogP contribution in [0.2, 0.25) is 0 Å². The number of aliphatic imine (C=N–C) groups is 1. The summed E-state index contributed by atoms with van der Waals surface area (Å²) in [5, 5.41) is 3.78. The van der Waals surface area contributed by atoms with Crippen LogP contribution in [0.3, 0.4) is 0 Å². The van der Waals surface area contributed by atoms with E-state index in [9.17, 15) is 4.79 Å². The molecule has 3 aromatic rings. The van der Waals surface area contributed by atoms with E-state index in [1.54, 1.807) is 16.2 Å². The summed E-state index contributed by atoms with van der Waals surface area (Å²) in [5.41, 5.74) is 3.88. The number of para-hydroxylation sites is 1. The van der Waals surface area contributed by atoms with Crippen LogP contribution in [0.25, 0.3) is 10.2 Å². The number of carbonyl (C=O) groups excluding carboxylic acids is 1. The Labute approximate surface area is 148 Å². The Morgan fingerprint density at radius 1 is 1.21 bits per heavy atom. The molecule has 6 heteroatoms. The van der Waals surface area contributed by atoms with Crippen LogP contribution in [0.15, 0.2) is 46.8 Å². The predicted molar refractivity (Wildman–Crippen MR) is 103 cm³/mol. The van der Waals surface area contributed by atoms with Crippen molar-refractivity contribution < 1.29 is 4.79 Å². The zero-order valence-electron chi connectivity index (χ0n) is 13.3. The minimum atomic E-state index is 0.0642. The average Bonchev–Trinajstić information content (AvgIpc) is 3.12. The van der Waals surface area contributed by atoms with Gasteiger partial charge < -0.3 is 0 Å². The van der Waals surface area contributed by atoms with Gasteiger partial charge >= 0.3 is 0 Å². The second-order valence-electron chi connectivity index (χ2n) is 5.63. The van der Waals surface area contributed by atoms with Gasteiger partial charge in [-0.2, -0.15) is 0 Å². The Bertz CT molecular complexity index is 963. The maximum absolute atomic E-state index is 12.5. The Morgan fingerprint density at radius 2 is 2.00 bits per heavy atom. The van der Waals surface area contributed by atoms with E-state index in [0.29, 0.717) is 5.75 Å². The molecule has 0 unspecified atom stereocenters. The minimum Gasteiger partial charge on any atom is -0.273 e. The number of hydrogen-bond acceptors (Lipinski definition) is 5. The molecule has 0 saturated carbocycles. The van der Waals surface area contributed by atoms with Crippen LogP contribution in [0.4, 0.5) is 11.4 Å². The standard InChI is InChI=1S/C18H15N3OS2/c1-11-8-12(2)19-17-16(11)14(9-23-17)21-15(22)10-24-18(21)20-13-6-4-3-5-7-13/h3-9H,10H2,1-2H3. The first-order valence-electron chi connectivity index (χ1n) is 7.58. The zero-order valence-corrected chi connectivity index (χ0v) is 14.9. The molecule has 2 aromatic heterocycles. The summed E-state index contributed by atoms with van der Waals surface area (Å²) in [6.45, 7) is 4.06. The summed E-state index contributed by atoms with van der Waals surface area (Å²) in [5.74, 6) is 0.482. The molecule has 0 aliphatic carbocycles. The molecule has 0 radical (unpaired) electrons. The van der Waals surface area contributed by atoms with Crippen molar-refractivity contribution in [2.24, 2.45) is 4.99 Å². The van der Waals surface area contributed by atoms with Gasteiger partial charge in [0, 0.05) is 16.5 Å². The monoisotopic (exact) mass is 353 g/mol. The number of aryl methyl sites for hydroxylation is 2. The van der Waals surface area contributed by atoms with Crippen LogP contribution in [0, 0.1) is 13.8 Å². The van der Waals surface area contributed by atoms with E-state index in [1.807, 2.05) is 42.6 Å². The zero-order chi connectivity index (χ0) is 16.7. The maximum Gasteiger partial charge on any atom is 0.243 e. The van der Waals surface area contributed by atoms with Crippen molar-refractivity contribution in [3.8, 4) is 0 Å². The van der Waals surface area contributed by atoms with Crippen molar-refractivity contribution in [2.45, 2.75) is 13.8 Å². The summed E-state index contributed by atoms with van der Waals surface area (Å²) < 4.78 is 0.